The molecule has 0 aliphatic heterocycles. The third kappa shape index (κ3) is 5.26. The average molecular weight is 713 g/mol. The number of hydrogen-bond donors (Lipinski definition) is 0. The van der Waals surface area contributed by atoms with Gasteiger partial charge in [-0.15, -0.1) is 0 Å². The lowest BCUT2D eigenvalue weighted by Crippen LogP contribution is -2.10. The van der Waals surface area contributed by atoms with Crippen molar-refractivity contribution in [3.8, 4) is 27.9 Å². The molecule has 0 saturated carbocycles. The molecule has 2 nitrogen and oxygen atoms in total. The summed E-state index contributed by atoms with van der Waals surface area (Å²) in [5.41, 5.74) is 11.7. The van der Waals surface area contributed by atoms with Crippen molar-refractivity contribution in [2.75, 3.05) is 4.90 Å². The number of nitrogens with zero attached hydrogens (tertiary/aromatic N) is 2. The summed E-state index contributed by atoms with van der Waals surface area (Å²) < 4.78 is 2.44. The molecule has 56 heavy (non-hydrogen) atoms. The highest BCUT2D eigenvalue weighted by atomic mass is 15.1. The molecule has 0 atom stereocenters. The van der Waals surface area contributed by atoms with Crippen LogP contribution in [0, 0.1) is 0 Å². The Bertz CT molecular complexity index is 3250. The van der Waals surface area contributed by atoms with Crippen LogP contribution in [0.4, 0.5) is 17.1 Å². The van der Waals surface area contributed by atoms with Gasteiger partial charge in [0.2, 0.25) is 0 Å². The van der Waals surface area contributed by atoms with Crippen molar-refractivity contribution >= 4 is 71.2 Å². The maximum atomic E-state index is 2.44. The number of para-hydroxylation sites is 1. The second-order valence-electron chi connectivity index (χ2n) is 14.5. The summed E-state index contributed by atoms with van der Waals surface area (Å²) in [6, 6.07) is 79.5. The van der Waals surface area contributed by atoms with E-state index >= 15 is 0 Å². The molecule has 11 rings (SSSR count). The SMILES string of the molecule is c1ccc(-c2cccc(N(c3cccc(-c4cccc5c4c4ccc6ccccc6c4n5-c4ccccc4)c3)c3ccc4c(ccc5ccccc54)c3)c2)cc1. The van der Waals surface area contributed by atoms with Gasteiger partial charge in [0.15, 0.2) is 0 Å². The van der Waals surface area contributed by atoms with Crippen LogP contribution in [-0.2, 0) is 0 Å². The normalized spacial score (nSPS) is 11.6. The fourth-order valence-electron chi connectivity index (χ4n) is 8.77. The first-order valence-electron chi connectivity index (χ1n) is 19.3. The van der Waals surface area contributed by atoms with Crippen molar-refractivity contribution in [1.29, 1.82) is 0 Å². The van der Waals surface area contributed by atoms with E-state index in [1.54, 1.807) is 0 Å². The van der Waals surface area contributed by atoms with E-state index in [4.69, 9.17) is 0 Å². The zero-order chi connectivity index (χ0) is 37.0. The van der Waals surface area contributed by atoms with E-state index in [1.807, 2.05) is 0 Å². The molecule has 0 spiro atoms. The molecular weight excluding hydrogens is 677 g/mol. The second-order valence-corrected chi connectivity index (χ2v) is 14.5. The first-order valence-corrected chi connectivity index (χ1v) is 19.3. The van der Waals surface area contributed by atoms with Crippen LogP contribution in [0.3, 0.4) is 0 Å². The minimum absolute atomic E-state index is 1.10. The summed E-state index contributed by atoms with van der Waals surface area (Å²) in [7, 11) is 0. The van der Waals surface area contributed by atoms with Gasteiger partial charge in [-0.1, -0.05) is 164 Å². The van der Waals surface area contributed by atoms with Gasteiger partial charge < -0.3 is 9.47 Å². The number of fused-ring (bicyclic) bond motifs is 8. The summed E-state index contributed by atoms with van der Waals surface area (Å²) in [4.78, 5) is 2.41. The molecule has 0 N–H and O–H groups in total. The van der Waals surface area contributed by atoms with Gasteiger partial charge in [-0.3, -0.25) is 0 Å². The molecule has 0 bridgehead atoms. The van der Waals surface area contributed by atoms with E-state index in [1.165, 1.54) is 76.4 Å². The van der Waals surface area contributed by atoms with Crippen molar-refractivity contribution in [2.24, 2.45) is 0 Å². The van der Waals surface area contributed by atoms with Gasteiger partial charge in [0.25, 0.3) is 0 Å². The van der Waals surface area contributed by atoms with Crippen molar-refractivity contribution < 1.29 is 0 Å². The van der Waals surface area contributed by atoms with Crippen LogP contribution in [0.15, 0.2) is 218 Å². The van der Waals surface area contributed by atoms with Gasteiger partial charge in [-0.05, 0) is 104 Å². The first-order chi connectivity index (χ1) is 27.8. The second kappa shape index (κ2) is 13.2. The quantitative estimate of drug-likeness (QED) is 0.156. The lowest BCUT2D eigenvalue weighted by atomic mass is 9.97. The molecule has 2 heteroatoms. The summed E-state index contributed by atoms with van der Waals surface area (Å²) in [6.45, 7) is 0. The van der Waals surface area contributed by atoms with Crippen molar-refractivity contribution in [1.82, 2.24) is 4.57 Å². The highest BCUT2D eigenvalue weighted by Crippen LogP contribution is 2.44. The van der Waals surface area contributed by atoms with Gasteiger partial charge in [-0.25, -0.2) is 0 Å². The molecule has 1 aromatic heterocycles. The lowest BCUT2D eigenvalue weighted by Gasteiger charge is -2.27. The van der Waals surface area contributed by atoms with E-state index in [0.29, 0.717) is 0 Å². The molecule has 1 heterocycles. The minimum Gasteiger partial charge on any atom is -0.310 e. The number of rotatable bonds is 6. The van der Waals surface area contributed by atoms with E-state index in [-0.39, 0.29) is 0 Å². The molecule has 0 fully saturated rings. The molecule has 10 aromatic carbocycles. The summed E-state index contributed by atoms with van der Waals surface area (Å²) in [6.07, 6.45) is 0. The summed E-state index contributed by atoms with van der Waals surface area (Å²) >= 11 is 0. The Labute approximate surface area is 325 Å². The van der Waals surface area contributed by atoms with Crippen LogP contribution in [0.5, 0.6) is 0 Å². The van der Waals surface area contributed by atoms with Crippen LogP contribution < -0.4 is 4.90 Å². The Morgan fingerprint density at radius 1 is 0.321 bits per heavy atom. The van der Waals surface area contributed by atoms with Crippen LogP contribution in [0.2, 0.25) is 0 Å². The molecule has 0 radical (unpaired) electrons. The fourth-order valence-corrected chi connectivity index (χ4v) is 8.77. The molecule has 0 aliphatic carbocycles. The van der Waals surface area contributed by atoms with E-state index in [0.717, 1.165) is 22.7 Å². The maximum absolute atomic E-state index is 2.44. The third-order valence-corrected chi connectivity index (χ3v) is 11.3. The molecule has 0 saturated heterocycles. The smallest absolute Gasteiger partial charge is 0.0619 e. The Balaban J connectivity index is 1.14. The Hall–Kier alpha value is -7.42. The Morgan fingerprint density at radius 3 is 1.68 bits per heavy atom. The zero-order valence-corrected chi connectivity index (χ0v) is 30.7. The van der Waals surface area contributed by atoms with Crippen LogP contribution in [-0.4, -0.2) is 4.57 Å². The van der Waals surface area contributed by atoms with Gasteiger partial charge in [0, 0.05) is 38.9 Å². The molecule has 11 aromatic rings. The molecular formula is C54H36N2. The molecule has 0 unspecified atom stereocenters. The largest absolute Gasteiger partial charge is 0.310 e. The predicted octanol–water partition coefficient (Wildman–Crippen LogP) is 15.0. The average Bonchev–Trinajstić information content (AvgIpc) is 3.62. The molecule has 262 valence electrons. The first kappa shape index (κ1) is 32.0. The minimum atomic E-state index is 1.10. The lowest BCUT2D eigenvalue weighted by molar-refractivity contribution is 1.19. The number of hydrogen-bond acceptors (Lipinski definition) is 1. The van der Waals surface area contributed by atoms with E-state index < -0.39 is 0 Å². The predicted molar refractivity (Wildman–Crippen MR) is 239 cm³/mol. The number of benzene rings is 10. The highest BCUT2D eigenvalue weighted by Gasteiger charge is 2.20. The zero-order valence-electron chi connectivity index (χ0n) is 30.7. The number of anilines is 3. The van der Waals surface area contributed by atoms with E-state index in [9.17, 15) is 0 Å². The summed E-state index contributed by atoms with van der Waals surface area (Å²) in [5, 5.41) is 9.98. The molecule has 0 amide bonds. The third-order valence-electron chi connectivity index (χ3n) is 11.3. The Kier molecular flexibility index (Phi) is 7.53. The number of aromatic nitrogens is 1. The van der Waals surface area contributed by atoms with Crippen molar-refractivity contribution in [3.63, 3.8) is 0 Å². The molecule has 0 aliphatic rings. The fraction of sp³-hybridized carbons (Fsp3) is 0. The van der Waals surface area contributed by atoms with Crippen LogP contribution in [0.25, 0.3) is 82.1 Å². The maximum Gasteiger partial charge on any atom is 0.0619 e. The highest BCUT2D eigenvalue weighted by molar-refractivity contribution is 6.22. The topological polar surface area (TPSA) is 8.17 Å². The van der Waals surface area contributed by atoms with E-state index in [2.05, 4.69) is 228 Å². The van der Waals surface area contributed by atoms with Crippen LogP contribution >= 0.6 is 0 Å². The van der Waals surface area contributed by atoms with Gasteiger partial charge in [0.05, 0.1) is 11.0 Å². The monoisotopic (exact) mass is 712 g/mol. The Morgan fingerprint density at radius 2 is 0.875 bits per heavy atom. The van der Waals surface area contributed by atoms with Crippen molar-refractivity contribution in [3.05, 3.63) is 218 Å². The van der Waals surface area contributed by atoms with Gasteiger partial charge in [0.1, 0.15) is 0 Å². The van der Waals surface area contributed by atoms with Gasteiger partial charge >= 0.3 is 0 Å². The van der Waals surface area contributed by atoms with Gasteiger partial charge in [-0.2, -0.15) is 0 Å². The van der Waals surface area contributed by atoms with Crippen LogP contribution in [0.1, 0.15) is 0 Å². The van der Waals surface area contributed by atoms with Crippen molar-refractivity contribution in [2.45, 2.75) is 0 Å². The standard InChI is InChI=1S/C54H36N2/c1-3-14-37(15-4-1)40-18-11-22-44(34-40)55(46-31-33-48-42(36-46)29-28-38-16-7-9-24-47(38)48)45-23-12-19-41(35-45)49-26-13-27-52-53(49)51-32-30-39-17-8-10-25-50(39)54(51)56(52)43-20-5-2-6-21-43/h1-36H. The summed E-state index contributed by atoms with van der Waals surface area (Å²) in [5.74, 6) is 0.